The number of amides is 1. The normalized spacial score (nSPS) is 11.8. The van der Waals surface area contributed by atoms with Gasteiger partial charge in [-0.2, -0.15) is 13.2 Å². The fourth-order valence-corrected chi connectivity index (χ4v) is 2.34. The summed E-state index contributed by atoms with van der Waals surface area (Å²) >= 11 is 3.34. The lowest BCUT2D eigenvalue weighted by molar-refractivity contribution is -0.192. The summed E-state index contributed by atoms with van der Waals surface area (Å²) in [7, 11) is 0. The Morgan fingerprint density at radius 2 is 1.71 bits per heavy atom. The van der Waals surface area contributed by atoms with Crippen molar-refractivity contribution in [3.05, 3.63) is 70.7 Å². The maximum absolute atomic E-state index is 12.1. The van der Waals surface area contributed by atoms with Crippen LogP contribution >= 0.6 is 15.9 Å². The summed E-state index contributed by atoms with van der Waals surface area (Å²) in [6.07, 6.45) is -1.09. The van der Waals surface area contributed by atoms with Gasteiger partial charge in [-0.25, -0.2) is 9.48 Å². The molecule has 0 aliphatic heterocycles. The first kappa shape index (κ1) is 24.0. The zero-order valence-electron chi connectivity index (χ0n) is 15.5. The van der Waals surface area contributed by atoms with Gasteiger partial charge in [-0.1, -0.05) is 33.3 Å². The predicted octanol–water partition coefficient (Wildman–Crippen LogP) is 2.52. The number of aromatic nitrogens is 4. The number of carboxylic acid groups (broad SMARTS) is 1. The van der Waals surface area contributed by atoms with Gasteiger partial charge in [0.05, 0.1) is 18.0 Å². The van der Waals surface area contributed by atoms with Crippen LogP contribution in [-0.4, -0.2) is 54.8 Å². The number of carbonyl (C=O) groups excluding carboxylic acids is 1. The van der Waals surface area contributed by atoms with Crippen LogP contribution < -0.4 is 5.32 Å². The van der Waals surface area contributed by atoms with Crippen LogP contribution in [0.4, 0.5) is 13.2 Å². The van der Waals surface area contributed by atoms with E-state index in [0.717, 1.165) is 15.7 Å². The number of aliphatic hydroxyl groups excluding tert-OH is 1. The molecular formula is C18H15BrF3N5O4. The van der Waals surface area contributed by atoms with E-state index in [0.29, 0.717) is 0 Å². The largest absolute Gasteiger partial charge is 0.490 e. The highest BCUT2D eigenvalue weighted by Crippen LogP contribution is 2.16. The topological polar surface area (TPSA) is 130 Å². The number of carboxylic acids is 1. The molecule has 0 spiro atoms. The van der Waals surface area contributed by atoms with Crippen LogP contribution in [0.1, 0.15) is 22.2 Å². The Morgan fingerprint density at radius 1 is 1.13 bits per heavy atom. The number of hydrogen-bond acceptors (Lipinski definition) is 6. The molecule has 1 amide bonds. The average molecular weight is 502 g/mol. The van der Waals surface area contributed by atoms with Crippen molar-refractivity contribution in [1.29, 1.82) is 0 Å². The number of rotatable bonds is 5. The standard InChI is InChI=1S/C16H14BrN5O2.C2HF3O2/c17-12-3-1-11(2-4-12)15(23)9-19-16(24)14-10-22(21-20-14)13-5-7-18-8-6-13;3-2(4,5)1(6)7/h1-8,10,15,23H,9H2,(H,19,24);(H,6,7). The molecule has 1 atom stereocenters. The number of aliphatic carboxylic acids is 1. The SMILES string of the molecule is O=C(NCC(O)c1ccc(Br)cc1)c1cn(-c2ccncc2)nn1.O=C(O)C(F)(F)F. The summed E-state index contributed by atoms with van der Waals surface area (Å²) < 4.78 is 34.2. The minimum absolute atomic E-state index is 0.0859. The van der Waals surface area contributed by atoms with Crippen LogP contribution in [0.5, 0.6) is 0 Å². The van der Waals surface area contributed by atoms with Crippen molar-refractivity contribution >= 4 is 27.8 Å². The molecule has 0 saturated carbocycles. The summed E-state index contributed by atoms with van der Waals surface area (Å²) in [5.74, 6) is -3.15. The number of aliphatic hydroxyl groups is 1. The van der Waals surface area contributed by atoms with Gasteiger partial charge in [-0.3, -0.25) is 9.78 Å². The van der Waals surface area contributed by atoms with E-state index in [2.05, 4.69) is 36.5 Å². The second-order valence-electron chi connectivity index (χ2n) is 5.83. The molecule has 0 saturated heterocycles. The van der Waals surface area contributed by atoms with Gasteiger partial charge in [0.15, 0.2) is 5.69 Å². The first-order valence-electron chi connectivity index (χ1n) is 8.42. The van der Waals surface area contributed by atoms with Gasteiger partial charge >= 0.3 is 12.1 Å². The highest BCUT2D eigenvalue weighted by molar-refractivity contribution is 9.10. The fourth-order valence-electron chi connectivity index (χ4n) is 2.07. The molecule has 0 aliphatic carbocycles. The molecule has 13 heteroatoms. The summed E-state index contributed by atoms with van der Waals surface area (Å²) in [5.41, 5.74) is 1.65. The zero-order chi connectivity index (χ0) is 23.0. The minimum Gasteiger partial charge on any atom is -0.475 e. The second kappa shape index (κ2) is 10.6. The Kier molecular flexibility index (Phi) is 8.22. The molecule has 3 rings (SSSR count). The first-order valence-corrected chi connectivity index (χ1v) is 9.22. The van der Waals surface area contributed by atoms with Crippen molar-refractivity contribution in [3.8, 4) is 5.69 Å². The lowest BCUT2D eigenvalue weighted by atomic mass is 10.1. The van der Waals surface area contributed by atoms with E-state index >= 15 is 0 Å². The summed E-state index contributed by atoms with van der Waals surface area (Å²) in [6, 6.07) is 10.8. The maximum Gasteiger partial charge on any atom is 0.490 e. The number of alkyl halides is 3. The number of pyridine rings is 1. The third-order valence-corrected chi connectivity index (χ3v) is 4.14. The van der Waals surface area contributed by atoms with Gasteiger partial charge in [0, 0.05) is 23.4 Å². The molecule has 0 radical (unpaired) electrons. The number of nitrogens with zero attached hydrogens (tertiary/aromatic N) is 4. The molecule has 0 aliphatic rings. The van der Waals surface area contributed by atoms with E-state index in [1.54, 1.807) is 36.7 Å². The molecule has 9 nitrogen and oxygen atoms in total. The van der Waals surface area contributed by atoms with Gasteiger partial charge in [0.1, 0.15) is 0 Å². The van der Waals surface area contributed by atoms with Crippen molar-refractivity contribution in [2.75, 3.05) is 6.54 Å². The number of benzene rings is 1. The average Bonchev–Trinajstić information content (AvgIpc) is 3.23. The van der Waals surface area contributed by atoms with Crippen LogP contribution in [0.25, 0.3) is 5.69 Å². The van der Waals surface area contributed by atoms with Gasteiger partial charge in [-0.05, 0) is 29.8 Å². The van der Waals surface area contributed by atoms with Gasteiger partial charge < -0.3 is 15.5 Å². The molecule has 0 fully saturated rings. The molecule has 0 bridgehead atoms. The highest BCUT2D eigenvalue weighted by Gasteiger charge is 2.38. The lowest BCUT2D eigenvalue weighted by Crippen LogP contribution is -2.28. The minimum atomic E-state index is -5.08. The van der Waals surface area contributed by atoms with E-state index in [4.69, 9.17) is 9.90 Å². The maximum atomic E-state index is 12.1. The van der Waals surface area contributed by atoms with Gasteiger partial charge in [-0.15, -0.1) is 5.10 Å². The molecule has 2 aromatic heterocycles. The Morgan fingerprint density at radius 3 is 2.26 bits per heavy atom. The third-order valence-electron chi connectivity index (χ3n) is 3.61. The first-order chi connectivity index (χ1) is 14.6. The molecule has 1 unspecified atom stereocenters. The second-order valence-corrected chi connectivity index (χ2v) is 6.75. The highest BCUT2D eigenvalue weighted by atomic mass is 79.9. The molecule has 1 aromatic carbocycles. The molecular weight excluding hydrogens is 487 g/mol. The number of hydrogen-bond donors (Lipinski definition) is 3. The Hall–Kier alpha value is -3.32. The van der Waals surface area contributed by atoms with Gasteiger partial charge in [0.25, 0.3) is 5.91 Å². The van der Waals surface area contributed by atoms with Crippen molar-refractivity contribution in [2.45, 2.75) is 12.3 Å². The van der Waals surface area contributed by atoms with Crippen molar-refractivity contribution < 1.29 is 33.0 Å². The Bertz CT molecular complexity index is 1010. The van der Waals surface area contributed by atoms with Crippen LogP contribution in [0.3, 0.4) is 0 Å². The zero-order valence-corrected chi connectivity index (χ0v) is 17.1. The van der Waals surface area contributed by atoms with Crippen LogP contribution in [0.2, 0.25) is 0 Å². The molecule has 31 heavy (non-hydrogen) atoms. The van der Waals surface area contributed by atoms with Gasteiger partial charge in [0.2, 0.25) is 0 Å². The molecule has 3 N–H and O–H groups in total. The van der Waals surface area contributed by atoms with E-state index in [-0.39, 0.29) is 12.2 Å². The molecule has 2 heterocycles. The smallest absolute Gasteiger partial charge is 0.475 e. The van der Waals surface area contributed by atoms with E-state index in [1.165, 1.54) is 10.9 Å². The van der Waals surface area contributed by atoms with Crippen LogP contribution in [0, 0.1) is 0 Å². The molecule has 164 valence electrons. The summed E-state index contributed by atoms with van der Waals surface area (Å²) in [5, 5.41) is 27.6. The van der Waals surface area contributed by atoms with Crippen LogP contribution in [0.15, 0.2) is 59.5 Å². The van der Waals surface area contributed by atoms with E-state index in [9.17, 15) is 23.1 Å². The monoisotopic (exact) mass is 501 g/mol. The van der Waals surface area contributed by atoms with Crippen molar-refractivity contribution in [1.82, 2.24) is 25.3 Å². The third kappa shape index (κ3) is 7.46. The Labute approximate surface area is 181 Å². The summed E-state index contributed by atoms with van der Waals surface area (Å²) in [4.78, 5) is 24.9. The lowest BCUT2D eigenvalue weighted by Gasteiger charge is -2.11. The number of nitrogens with one attached hydrogen (secondary N) is 1. The quantitative estimate of drug-likeness (QED) is 0.489. The van der Waals surface area contributed by atoms with E-state index < -0.39 is 24.2 Å². The number of halogens is 4. The van der Waals surface area contributed by atoms with E-state index in [1.807, 2.05) is 12.1 Å². The fraction of sp³-hybridized carbons (Fsp3) is 0.167. The Balaban J connectivity index is 0.000000423. The number of carbonyl (C=O) groups is 2. The van der Waals surface area contributed by atoms with Crippen LogP contribution in [-0.2, 0) is 4.79 Å². The summed E-state index contributed by atoms with van der Waals surface area (Å²) in [6.45, 7) is 0.0859. The van der Waals surface area contributed by atoms with Crippen molar-refractivity contribution in [2.24, 2.45) is 0 Å². The van der Waals surface area contributed by atoms with Crippen molar-refractivity contribution in [3.63, 3.8) is 0 Å². The predicted molar refractivity (Wildman–Crippen MR) is 104 cm³/mol. The molecule has 3 aromatic rings.